The van der Waals surface area contributed by atoms with Crippen LogP contribution in [-0.4, -0.2) is 24.5 Å². The minimum absolute atomic E-state index is 0.0189. The molecule has 15 heavy (non-hydrogen) atoms. The maximum atomic E-state index is 9.77. The van der Waals surface area contributed by atoms with E-state index in [1.54, 1.807) is 0 Å². The summed E-state index contributed by atoms with van der Waals surface area (Å²) in [6.45, 7) is 0.0189. The van der Waals surface area contributed by atoms with Crippen molar-refractivity contribution in [1.29, 1.82) is 0 Å². The molecular weight excluding hydrogens is 222 g/mol. The number of benzene rings is 1. The van der Waals surface area contributed by atoms with Gasteiger partial charge in [0, 0.05) is 11.6 Å². The highest BCUT2D eigenvalue weighted by atomic mass is 35.5. The quantitative estimate of drug-likeness (QED) is 0.689. The maximum Gasteiger partial charge on any atom is 0.203 e. The van der Waals surface area contributed by atoms with Crippen molar-refractivity contribution >= 4 is 11.6 Å². The Morgan fingerprint density at radius 2 is 2.07 bits per heavy atom. The van der Waals surface area contributed by atoms with Crippen molar-refractivity contribution in [3.8, 4) is 17.2 Å². The molecule has 1 aromatic carbocycles. The zero-order valence-electron chi connectivity index (χ0n) is 8.37. The van der Waals surface area contributed by atoms with Gasteiger partial charge in [-0.3, -0.25) is 0 Å². The van der Waals surface area contributed by atoms with Crippen molar-refractivity contribution in [2.24, 2.45) is 0 Å². The van der Waals surface area contributed by atoms with Gasteiger partial charge in [0.25, 0.3) is 0 Å². The number of rotatable bonds is 4. The maximum absolute atomic E-state index is 9.77. The summed E-state index contributed by atoms with van der Waals surface area (Å²) in [6.07, 6.45) is 0. The number of hydrogen-bond acceptors (Lipinski definition) is 5. The third kappa shape index (κ3) is 2.26. The molecule has 3 N–H and O–H groups in total. The Kier molecular flexibility index (Phi) is 4.02. The first kappa shape index (κ1) is 11.9. The van der Waals surface area contributed by atoms with E-state index < -0.39 is 0 Å². The van der Waals surface area contributed by atoms with E-state index in [0.717, 1.165) is 0 Å². The number of ether oxygens (including phenoxy) is 2. The summed E-state index contributed by atoms with van der Waals surface area (Å²) < 4.78 is 9.94. The van der Waals surface area contributed by atoms with E-state index in [1.807, 2.05) is 5.48 Å². The number of hydrogen-bond donors (Lipinski definition) is 3. The summed E-state index contributed by atoms with van der Waals surface area (Å²) in [5.41, 5.74) is 2.26. The second-order valence-electron chi connectivity index (χ2n) is 2.76. The van der Waals surface area contributed by atoms with Crippen molar-refractivity contribution in [3.63, 3.8) is 0 Å². The van der Waals surface area contributed by atoms with E-state index >= 15 is 0 Å². The third-order valence-electron chi connectivity index (χ3n) is 1.95. The normalized spacial score (nSPS) is 10.1. The fourth-order valence-electron chi connectivity index (χ4n) is 1.23. The largest absolute Gasteiger partial charge is 0.504 e. The Bertz CT molecular complexity index is 356. The number of nitrogens with one attached hydrogen (secondary N) is 1. The minimum Gasteiger partial charge on any atom is -0.504 e. The van der Waals surface area contributed by atoms with Gasteiger partial charge in [-0.25, -0.2) is 5.48 Å². The molecule has 5 nitrogen and oxygen atoms in total. The zero-order chi connectivity index (χ0) is 11.4. The summed E-state index contributed by atoms with van der Waals surface area (Å²) in [7, 11) is 2.85. The zero-order valence-corrected chi connectivity index (χ0v) is 9.13. The van der Waals surface area contributed by atoms with Crippen LogP contribution in [0, 0.1) is 0 Å². The molecule has 0 aromatic heterocycles. The molecule has 0 radical (unpaired) electrons. The van der Waals surface area contributed by atoms with Gasteiger partial charge in [-0.05, 0) is 0 Å². The molecule has 6 heteroatoms. The summed E-state index contributed by atoms with van der Waals surface area (Å²) >= 11 is 5.87. The lowest BCUT2D eigenvalue weighted by Crippen LogP contribution is -2.07. The molecule has 0 aliphatic carbocycles. The molecule has 0 atom stereocenters. The van der Waals surface area contributed by atoms with Gasteiger partial charge >= 0.3 is 0 Å². The number of phenols is 1. The van der Waals surface area contributed by atoms with Crippen molar-refractivity contribution in [2.75, 3.05) is 14.2 Å². The topological polar surface area (TPSA) is 71.0 Å². The predicted molar refractivity (Wildman–Crippen MR) is 54.8 cm³/mol. The van der Waals surface area contributed by atoms with Crippen LogP contribution in [0.25, 0.3) is 0 Å². The Morgan fingerprint density at radius 3 is 2.53 bits per heavy atom. The van der Waals surface area contributed by atoms with Crippen LogP contribution in [0.5, 0.6) is 17.2 Å². The van der Waals surface area contributed by atoms with Gasteiger partial charge in [-0.15, -0.1) is 0 Å². The van der Waals surface area contributed by atoms with E-state index in [2.05, 4.69) is 0 Å². The molecule has 0 saturated heterocycles. The first-order valence-corrected chi connectivity index (χ1v) is 4.52. The van der Waals surface area contributed by atoms with Crippen LogP contribution in [0.1, 0.15) is 5.56 Å². The molecule has 84 valence electrons. The van der Waals surface area contributed by atoms with E-state index in [-0.39, 0.29) is 23.1 Å². The molecule has 1 rings (SSSR count). The minimum atomic E-state index is -0.150. The number of hydroxylamine groups is 1. The molecule has 1 aromatic rings. The lowest BCUT2D eigenvalue weighted by molar-refractivity contribution is 0.160. The number of halogens is 1. The number of aromatic hydroxyl groups is 1. The summed E-state index contributed by atoms with van der Waals surface area (Å²) in [4.78, 5) is 0. The number of methoxy groups -OCH3 is 2. The van der Waals surface area contributed by atoms with Crippen molar-refractivity contribution in [3.05, 3.63) is 16.7 Å². The van der Waals surface area contributed by atoms with Gasteiger partial charge in [0.15, 0.2) is 11.5 Å². The standard InChI is InChI=1S/C9H12ClNO4/c1-14-7-3-6(10)5(4-11-13)8(12)9(7)15-2/h3,11-13H,4H2,1-2H3. The van der Waals surface area contributed by atoms with Gasteiger partial charge in [0.05, 0.1) is 25.8 Å². The van der Waals surface area contributed by atoms with Crippen molar-refractivity contribution in [1.82, 2.24) is 5.48 Å². The summed E-state index contributed by atoms with van der Waals surface area (Å²) in [6, 6.07) is 1.51. The van der Waals surface area contributed by atoms with Crippen LogP contribution >= 0.6 is 11.6 Å². The molecular formula is C9H12ClNO4. The SMILES string of the molecule is COc1cc(Cl)c(CNO)c(O)c1OC. The third-order valence-corrected chi connectivity index (χ3v) is 2.29. The van der Waals surface area contributed by atoms with Gasteiger partial charge in [0.1, 0.15) is 0 Å². The van der Waals surface area contributed by atoms with Crippen LogP contribution in [0.15, 0.2) is 6.07 Å². The molecule has 0 bridgehead atoms. The Balaban J connectivity index is 3.31. The highest BCUT2D eigenvalue weighted by Crippen LogP contribution is 2.42. The molecule has 0 aliphatic rings. The Hall–Kier alpha value is -1.17. The van der Waals surface area contributed by atoms with Gasteiger partial charge < -0.3 is 19.8 Å². The predicted octanol–water partition coefficient (Wildman–Crippen LogP) is 1.54. The molecule has 0 unspecified atom stereocenters. The molecule has 0 aliphatic heterocycles. The van der Waals surface area contributed by atoms with Crippen molar-refractivity contribution < 1.29 is 19.8 Å². The molecule has 0 amide bonds. The smallest absolute Gasteiger partial charge is 0.203 e. The van der Waals surface area contributed by atoms with E-state index in [0.29, 0.717) is 11.3 Å². The number of phenolic OH excluding ortho intramolecular Hbond substituents is 1. The second kappa shape index (κ2) is 5.06. The molecule has 0 spiro atoms. The van der Waals surface area contributed by atoms with Crippen LogP contribution in [0.4, 0.5) is 0 Å². The first-order valence-electron chi connectivity index (χ1n) is 4.15. The van der Waals surface area contributed by atoms with Crippen molar-refractivity contribution in [2.45, 2.75) is 6.54 Å². The highest BCUT2D eigenvalue weighted by molar-refractivity contribution is 6.31. The van der Waals surface area contributed by atoms with Gasteiger partial charge in [0.2, 0.25) is 5.75 Å². The average molecular weight is 234 g/mol. The molecule has 0 heterocycles. The summed E-state index contributed by atoms with van der Waals surface area (Å²) in [5.74, 6) is 0.372. The lowest BCUT2D eigenvalue weighted by atomic mass is 10.1. The Labute approximate surface area is 92.1 Å². The first-order chi connectivity index (χ1) is 7.15. The average Bonchev–Trinajstić information content (AvgIpc) is 2.23. The van der Waals surface area contributed by atoms with Crippen LogP contribution in [-0.2, 0) is 6.54 Å². The highest BCUT2D eigenvalue weighted by Gasteiger charge is 2.17. The van der Waals surface area contributed by atoms with Crippen LogP contribution in [0.3, 0.4) is 0 Å². The van der Waals surface area contributed by atoms with E-state index in [1.165, 1.54) is 20.3 Å². The monoisotopic (exact) mass is 233 g/mol. The van der Waals surface area contributed by atoms with Gasteiger partial charge in [-0.2, -0.15) is 0 Å². The summed E-state index contributed by atoms with van der Waals surface area (Å²) in [5, 5.41) is 18.6. The van der Waals surface area contributed by atoms with E-state index in [9.17, 15) is 5.11 Å². The van der Waals surface area contributed by atoms with Crippen LogP contribution < -0.4 is 15.0 Å². The fourth-order valence-corrected chi connectivity index (χ4v) is 1.49. The van der Waals surface area contributed by atoms with E-state index in [4.69, 9.17) is 26.3 Å². The van der Waals surface area contributed by atoms with Gasteiger partial charge in [-0.1, -0.05) is 11.6 Å². The molecule has 0 saturated carbocycles. The fraction of sp³-hybridized carbons (Fsp3) is 0.333. The van der Waals surface area contributed by atoms with Crippen LogP contribution in [0.2, 0.25) is 5.02 Å². The molecule has 0 fully saturated rings. The second-order valence-corrected chi connectivity index (χ2v) is 3.16. The lowest BCUT2D eigenvalue weighted by Gasteiger charge is -2.13. The Morgan fingerprint density at radius 1 is 1.40 bits per heavy atom.